The zero-order chi connectivity index (χ0) is 38.0. The average molecular weight is 746 g/mol. The summed E-state index contributed by atoms with van der Waals surface area (Å²) in [6.07, 6.45) is 0. The van der Waals surface area contributed by atoms with Crippen molar-refractivity contribution in [3.05, 3.63) is 237 Å². The first-order valence-corrected chi connectivity index (χ1v) is 21.5. The van der Waals surface area contributed by atoms with Gasteiger partial charge in [-0.25, -0.2) is 0 Å². The van der Waals surface area contributed by atoms with E-state index in [2.05, 4.69) is 241 Å². The van der Waals surface area contributed by atoms with Crippen molar-refractivity contribution in [3.63, 3.8) is 0 Å². The van der Waals surface area contributed by atoms with Crippen molar-refractivity contribution in [1.82, 2.24) is 0 Å². The summed E-state index contributed by atoms with van der Waals surface area (Å²) in [5.41, 5.74) is 9.62. The molecule has 0 amide bonds. The highest BCUT2D eigenvalue weighted by Gasteiger charge is 2.41. The molecule has 0 unspecified atom stereocenters. The second kappa shape index (κ2) is 14.8. The molecule has 0 atom stereocenters. The summed E-state index contributed by atoms with van der Waals surface area (Å²) in [5, 5.41) is 7.59. The Balaban J connectivity index is 1.20. The normalized spacial score (nSPS) is 11.5. The molecule has 10 rings (SSSR count). The topological polar surface area (TPSA) is 16.4 Å². The molecule has 0 aliphatic carbocycles. The summed E-state index contributed by atoms with van der Waals surface area (Å²) in [5.74, 6) is 0. The maximum absolute atomic E-state index is 6.64. The van der Waals surface area contributed by atoms with Crippen molar-refractivity contribution < 1.29 is 4.42 Å². The zero-order valence-electron chi connectivity index (χ0n) is 31.4. The first kappa shape index (κ1) is 34.3. The lowest BCUT2D eigenvalue weighted by atomic mass is 9.98. The summed E-state index contributed by atoms with van der Waals surface area (Å²) in [6, 6.07) is 85.7. The average Bonchev–Trinajstić information content (AvgIpc) is 3.69. The number of benzene rings is 9. The van der Waals surface area contributed by atoms with Crippen LogP contribution in [0.4, 0.5) is 17.1 Å². The molecule has 0 radical (unpaired) electrons. The highest BCUT2D eigenvalue weighted by atomic mass is 28.3. The Morgan fingerprint density at radius 3 is 1.23 bits per heavy atom. The minimum atomic E-state index is -2.71. The zero-order valence-corrected chi connectivity index (χ0v) is 32.4. The summed E-state index contributed by atoms with van der Waals surface area (Å²) in [4.78, 5) is 2.40. The van der Waals surface area contributed by atoms with Gasteiger partial charge in [0.05, 0.1) is 11.1 Å². The first-order chi connectivity index (χ1) is 28.3. The van der Waals surface area contributed by atoms with Gasteiger partial charge in [0.15, 0.2) is 8.07 Å². The van der Waals surface area contributed by atoms with Crippen molar-refractivity contribution in [2.45, 2.75) is 0 Å². The van der Waals surface area contributed by atoms with Crippen LogP contribution >= 0.6 is 0 Å². The molecule has 0 saturated heterocycles. The van der Waals surface area contributed by atoms with E-state index in [1.54, 1.807) is 0 Å². The van der Waals surface area contributed by atoms with E-state index in [1.807, 2.05) is 0 Å². The number of hydrogen-bond donors (Lipinski definition) is 0. The van der Waals surface area contributed by atoms with Crippen molar-refractivity contribution in [1.29, 1.82) is 0 Å². The highest BCUT2D eigenvalue weighted by molar-refractivity contribution is 7.19. The Labute approximate surface area is 334 Å². The van der Waals surface area contributed by atoms with Crippen LogP contribution in [0.2, 0.25) is 0 Å². The first-order valence-electron chi connectivity index (χ1n) is 19.5. The molecule has 9 aromatic carbocycles. The molecule has 2 nitrogen and oxygen atoms in total. The van der Waals surface area contributed by atoms with E-state index in [9.17, 15) is 0 Å². The lowest BCUT2D eigenvalue weighted by Crippen LogP contribution is -2.74. The van der Waals surface area contributed by atoms with Gasteiger partial charge in [0.1, 0.15) is 11.2 Å². The number of furan rings is 1. The van der Waals surface area contributed by atoms with Crippen LogP contribution in [-0.2, 0) is 0 Å². The van der Waals surface area contributed by atoms with E-state index in [0.29, 0.717) is 0 Å². The molecule has 0 saturated carbocycles. The second-order valence-corrected chi connectivity index (χ2v) is 18.2. The van der Waals surface area contributed by atoms with Crippen LogP contribution in [0.15, 0.2) is 241 Å². The smallest absolute Gasteiger partial charge is 0.179 e. The molecule has 0 fully saturated rings. The van der Waals surface area contributed by atoms with Gasteiger partial charge in [-0.3, -0.25) is 0 Å². The molecular weight excluding hydrogens is 707 g/mol. The quantitative estimate of drug-likeness (QED) is 0.108. The monoisotopic (exact) mass is 745 g/mol. The maximum Gasteiger partial charge on any atom is 0.179 e. The van der Waals surface area contributed by atoms with E-state index < -0.39 is 8.07 Å². The fourth-order valence-electron chi connectivity index (χ4n) is 8.68. The fourth-order valence-corrected chi connectivity index (χ4v) is 13.4. The van der Waals surface area contributed by atoms with Gasteiger partial charge in [0, 0.05) is 16.8 Å². The van der Waals surface area contributed by atoms with Crippen LogP contribution in [0, 0.1) is 0 Å². The molecule has 57 heavy (non-hydrogen) atoms. The highest BCUT2D eigenvalue weighted by Crippen LogP contribution is 2.45. The summed E-state index contributed by atoms with van der Waals surface area (Å²) >= 11 is 0. The summed E-state index contributed by atoms with van der Waals surface area (Å²) < 4.78 is 6.64. The third kappa shape index (κ3) is 6.06. The summed E-state index contributed by atoms with van der Waals surface area (Å²) in [6.45, 7) is 0. The Hall–Kier alpha value is -7.20. The van der Waals surface area contributed by atoms with Gasteiger partial charge in [-0.2, -0.15) is 0 Å². The van der Waals surface area contributed by atoms with E-state index >= 15 is 0 Å². The molecule has 0 bridgehead atoms. The maximum atomic E-state index is 6.64. The molecule has 0 aliphatic rings. The van der Waals surface area contributed by atoms with Gasteiger partial charge in [0.25, 0.3) is 0 Å². The largest absolute Gasteiger partial charge is 0.456 e. The standard InChI is InChI=1S/C54H39NOSi/c1-6-18-40(19-7-1)41-32-34-43(35-33-41)55(50-29-17-31-52-54(50)53-49(28-16-30-51(53)56-52)42-20-8-2-9-21-42)44-36-38-48(39-37-44)57(45-22-10-3-11-23-45,46-24-12-4-13-25-46)47-26-14-5-15-27-47/h1-39H. The Bertz CT molecular complexity index is 2810. The van der Waals surface area contributed by atoms with Gasteiger partial charge in [-0.15, -0.1) is 0 Å². The fraction of sp³-hybridized carbons (Fsp3) is 0. The van der Waals surface area contributed by atoms with Crippen LogP contribution in [0.3, 0.4) is 0 Å². The lowest BCUT2D eigenvalue weighted by Gasteiger charge is -2.35. The molecule has 0 N–H and O–H groups in total. The van der Waals surface area contributed by atoms with Crippen molar-refractivity contribution >= 4 is 67.8 Å². The number of hydrogen-bond acceptors (Lipinski definition) is 2. The van der Waals surface area contributed by atoms with E-state index in [0.717, 1.165) is 50.1 Å². The van der Waals surface area contributed by atoms with Crippen LogP contribution in [0.25, 0.3) is 44.2 Å². The molecule has 1 aromatic heterocycles. The molecular formula is C54H39NOSi. The van der Waals surface area contributed by atoms with Crippen molar-refractivity contribution in [3.8, 4) is 22.3 Å². The molecule has 10 aromatic rings. The lowest BCUT2D eigenvalue weighted by molar-refractivity contribution is 0.669. The van der Waals surface area contributed by atoms with Crippen molar-refractivity contribution in [2.24, 2.45) is 0 Å². The SMILES string of the molecule is c1ccc(-c2ccc(N(c3ccc([Si](c4ccccc4)(c4ccccc4)c4ccccc4)cc3)c3cccc4oc5cccc(-c6ccccc6)c5c34)cc2)cc1. The second-order valence-electron chi connectivity index (χ2n) is 14.4. The van der Waals surface area contributed by atoms with Gasteiger partial charge >= 0.3 is 0 Å². The molecule has 3 heteroatoms. The van der Waals surface area contributed by atoms with Gasteiger partial charge in [-0.05, 0) is 85.5 Å². The van der Waals surface area contributed by atoms with Gasteiger partial charge < -0.3 is 9.32 Å². The summed E-state index contributed by atoms with van der Waals surface area (Å²) in [7, 11) is -2.71. The molecule has 1 heterocycles. The number of rotatable bonds is 9. The third-order valence-electron chi connectivity index (χ3n) is 11.2. The van der Waals surface area contributed by atoms with E-state index in [-0.39, 0.29) is 0 Å². The number of anilines is 3. The van der Waals surface area contributed by atoms with Crippen molar-refractivity contribution in [2.75, 3.05) is 4.90 Å². The predicted octanol–water partition coefficient (Wildman–Crippen LogP) is 11.8. The van der Waals surface area contributed by atoms with Crippen LogP contribution in [0.5, 0.6) is 0 Å². The Kier molecular flexibility index (Phi) is 8.90. The minimum absolute atomic E-state index is 0.858. The third-order valence-corrected chi connectivity index (χ3v) is 16.0. The van der Waals surface area contributed by atoms with Gasteiger partial charge in [0.2, 0.25) is 0 Å². The Morgan fingerprint density at radius 1 is 0.298 bits per heavy atom. The van der Waals surface area contributed by atoms with Crippen LogP contribution in [-0.4, -0.2) is 8.07 Å². The molecule has 0 aliphatic heterocycles. The molecule has 270 valence electrons. The van der Waals surface area contributed by atoms with Gasteiger partial charge in [-0.1, -0.05) is 194 Å². The van der Waals surface area contributed by atoms with E-state index in [1.165, 1.54) is 31.9 Å². The molecule has 0 spiro atoms. The van der Waals surface area contributed by atoms with Crippen LogP contribution in [0.1, 0.15) is 0 Å². The predicted molar refractivity (Wildman–Crippen MR) is 243 cm³/mol. The number of fused-ring (bicyclic) bond motifs is 3. The number of nitrogens with zero attached hydrogens (tertiary/aromatic N) is 1. The van der Waals surface area contributed by atoms with Crippen LogP contribution < -0.4 is 25.6 Å². The minimum Gasteiger partial charge on any atom is -0.456 e. The van der Waals surface area contributed by atoms with E-state index in [4.69, 9.17) is 4.42 Å². The Morgan fingerprint density at radius 2 is 0.702 bits per heavy atom.